The third-order valence-electron chi connectivity index (χ3n) is 2.32. The van der Waals surface area contributed by atoms with E-state index in [0.717, 1.165) is 0 Å². The fourth-order valence-corrected chi connectivity index (χ4v) is 2.15. The molecule has 0 amide bonds. The first-order valence-corrected chi connectivity index (χ1v) is 5.50. The maximum atomic E-state index is 12.2. The van der Waals surface area contributed by atoms with Crippen molar-refractivity contribution in [3.63, 3.8) is 0 Å². The number of ether oxygens (including phenoxy) is 2. The summed E-state index contributed by atoms with van der Waals surface area (Å²) in [5.41, 5.74) is 6.29. The lowest BCUT2D eigenvalue weighted by atomic mass is 10.0. The highest BCUT2D eigenvalue weighted by Gasteiger charge is 2.21. The van der Waals surface area contributed by atoms with Gasteiger partial charge < -0.3 is 15.2 Å². The summed E-state index contributed by atoms with van der Waals surface area (Å²) in [6.07, 6.45) is -2.80. The number of benzene rings is 1. The van der Waals surface area contributed by atoms with Crippen LogP contribution >= 0.6 is 28.3 Å². The molecule has 0 saturated carbocycles. The molecule has 1 aliphatic heterocycles. The Morgan fingerprint density at radius 3 is 2.47 bits per heavy atom. The van der Waals surface area contributed by atoms with Crippen LogP contribution in [0.4, 0.5) is 8.78 Å². The van der Waals surface area contributed by atoms with Crippen molar-refractivity contribution in [2.24, 2.45) is 5.73 Å². The predicted molar refractivity (Wildman–Crippen MR) is 65.1 cm³/mol. The summed E-state index contributed by atoms with van der Waals surface area (Å²) >= 11 is 3.28. The molecule has 96 valence electrons. The van der Waals surface area contributed by atoms with Gasteiger partial charge in [0, 0.05) is 16.9 Å². The minimum absolute atomic E-state index is 0. The van der Waals surface area contributed by atoms with Gasteiger partial charge in [0.15, 0.2) is 11.5 Å². The zero-order valence-corrected chi connectivity index (χ0v) is 11.1. The van der Waals surface area contributed by atoms with Crippen LogP contribution in [0.1, 0.15) is 18.0 Å². The van der Waals surface area contributed by atoms with Gasteiger partial charge in [0.05, 0.1) is 0 Å². The van der Waals surface area contributed by atoms with E-state index in [1.54, 1.807) is 12.1 Å². The van der Waals surface area contributed by atoms with Gasteiger partial charge >= 0.3 is 0 Å². The Balaban J connectivity index is 0.00000144. The monoisotopic (exact) mass is 329 g/mol. The normalized spacial score (nSPS) is 14.6. The van der Waals surface area contributed by atoms with Gasteiger partial charge in [0.2, 0.25) is 13.2 Å². The molecule has 1 aromatic rings. The highest BCUT2D eigenvalue weighted by atomic mass is 79.9. The zero-order valence-electron chi connectivity index (χ0n) is 8.66. The highest BCUT2D eigenvalue weighted by Crippen LogP contribution is 2.39. The third kappa shape index (κ3) is 3.20. The first kappa shape index (κ1) is 14.5. The summed E-state index contributed by atoms with van der Waals surface area (Å²) in [6.45, 7) is 0.148. The molecule has 2 rings (SSSR count). The zero-order chi connectivity index (χ0) is 11.7. The van der Waals surface area contributed by atoms with Gasteiger partial charge in [0.1, 0.15) is 0 Å². The molecule has 0 fully saturated rings. The molecule has 2 N–H and O–H groups in total. The second-order valence-corrected chi connectivity index (χ2v) is 4.31. The Morgan fingerprint density at radius 1 is 1.29 bits per heavy atom. The van der Waals surface area contributed by atoms with Gasteiger partial charge in [-0.05, 0) is 17.7 Å². The van der Waals surface area contributed by atoms with Gasteiger partial charge in [-0.25, -0.2) is 8.78 Å². The molecule has 3 nitrogen and oxygen atoms in total. The van der Waals surface area contributed by atoms with Crippen LogP contribution in [0, 0.1) is 0 Å². The van der Waals surface area contributed by atoms with Crippen molar-refractivity contribution in [1.82, 2.24) is 0 Å². The molecule has 1 aliphatic rings. The maximum Gasteiger partial charge on any atom is 0.240 e. The quantitative estimate of drug-likeness (QED) is 0.925. The average Bonchev–Trinajstić information content (AvgIpc) is 2.61. The van der Waals surface area contributed by atoms with Crippen LogP contribution in [0.2, 0.25) is 0 Å². The van der Waals surface area contributed by atoms with Crippen molar-refractivity contribution < 1.29 is 18.3 Å². The molecule has 0 radical (unpaired) electrons. The summed E-state index contributed by atoms with van der Waals surface area (Å²) in [5.74, 6) is 1.14. The Hall–Kier alpha value is -0.590. The molecule has 0 spiro atoms. The van der Waals surface area contributed by atoms with Crippen molar-refractivity contribution in [3.05, 3.63) is 22.2 Å². The molecule has 1 heterocycles. The second-order valence-electron chi connectivity index (χ2n) is 3.46. The van der Waals surface area contributed by atoms with E-state index in [9.17, 15) is 8.78 Å². The molecule has 1 aromatic carbocycles. The van der Waals surface area contributed by atoms with Gasteiger partial charge in [-0.2, -0.15) is 0 Å². The average molecular weight is 331 g/mol. The van der Waals surface area contributed by atoms with Crippen LogP contribution in [-0.4, -0.2) is 13.2 Å². The minimum Gasteiger partial charge on any atom is -0.454 e. The lowest BCUT2D eigenvalue weighted by molar-refractivity contribution is 0.128. The molecule has 17 heavy (non-hydrogen) atoms. The third-order valence-corrected chi connectivity index (χ3v) is 3.01. The molecule has 0 unspecified atom stereocenters. The summed E-state index contributed by atoms with van der Waals surface area (Å²) < 4.78 is 35.4. The molecule has 1 atom stereocenters. The lowest BCUT2D eigenvalue weighted by Gasteiger charge is -2.14. The fourth-order valence-electron chi connectivity index (χ4n) is 1.54. The van der Waals surface area contributed by atoms with E-state index in [0.29, 0.717) is 21.5 Å². The van der Waals surface area contributed by atoms with E-state index in [-0.39, 0.29) is 25.6 Å². The maximum absolute atomic E-state index is 12.2. The second kappa shape index (κ2) is 5.84. The van der Waals surface area contributed by atoms with Crippen LogP contribution < -0.4 is 15.2 Å². The number of hydrogen-bond donors (Lipinski definition) is 1. The molecule has 0 aromatic heterocycles. The number of halogens is 4. The highest BCUT2D eigenvalue weighted by molar-refractivity contribution is 9.10. The van der Waals surface area contributed by atoms with E-state index in [4.69, 9.17) is 15.2 Å². The minimum atomic E-state index is -2.42. The molecule has 0 aliphatic carbocycles. The number of fused-ring (bicyclic) bond motifs is 1. The van der Waals surface area contributed by atoms with Gasteiger partial charge in [-0.1, -0.05) is 15.9 Å². The Kier molecular flexibility index (Phi) is 4.97. The summed E-state index contributed by atoms with van der Waals surface area (Å²) in [6, 6.07) is 2.60. The smallest absolute Gasteiger partial charge is 0.240 e. The number of rotatable bonds is 3. The molecular formula is C10H11BrClF2NO2. The first-order chi connectivity index (χ1) is 7.58. The summed E-state index contributed by atoms with van der Waals surface area (Å²) in [7, 11) is 0. The Morgan fingerprint density at radius 2 is 1.88 bits per heavy atom. The standard InChI is InChI=1S/C10H10BrF2NO2.ClH/c11-6-2-9-8(15-4-16-9)1-5(6)7(14)3-10(12)13;/h1-2,7,10H,3-4,14H2;1H/t7-;/m0./s1. The van der Waals surface area contributed by atoms with E-state index in [1.165, 1.54) is 0 Å². The van der Waals surface area contributed by atoms with E-state index >= 15 is 0 Å². The largest absolute Gasteiger partial charge is 0.454 e. The number of hydrogen-bond acceptors (Lipinski definition) is 3. The van der Waals surface area contributed by atoms with Crippen LogP contribution in [0.25, 0.3) is 0 Å². The number of alkyl halides is 2. The van der Waals surface area contributed by atoms with Crippen LogP contribution in [0.15, 0.2) is 16.6 Å². The van der Waals surface area contributed by atoms with E-state index in [1.807, 2.05) is 0 Å². The molecule has 0 bridgehead atoms. The van der Waals surface area contributed by atoms with Crippen molar-refractivity contribution in [1.29, 1.82) is 0 Å². The topological polar surface area (TPSA) is 44.5 Å². The van der Waals surface area contributed by atoms with Crippen LogP contribution in [0.5, 0.6) is 11.5 Å². The molecule has 7 heteroatoms. The Bertz CT molecular complexity index is 406. The van der Waals surface area contributed by atoms with Crippen molar-refractivity contribution in [2.45, 2.75) is 18.9 Å². The molecule has 0 saturated heterocycles. The van der Waals surface area contributed by atoms with Gasteiger partial charge in [0.25, 0.3) is 0 Å². The lowest BCUT2D eigenvalue weighted by Crippen LogP contribution is -2.14. The Labute approximate surface area is 112 Å². The fraction of sp³-hybridized carbons (Fsp3) is 0.400. The predicted octanol–water partition coefficient (Wildman–Crippen LogP) is 3.25. The van der Waals surface area contributed by atoms with Gasteiger partial charge in [-0.3, -0.25) is 0 Å². The van der Waals surface area contributed by atoms with E-state index in [2.05, 4.69) is 15.9 Å². The van der Waals surface area contributed by atoms with Crippen LogP contribution in [-0.2, 0) is 0 Å². The SMILES string of the molecule is Cl.N[C@@H](CC(F)F)c1cc2c(cc1Br)OCO2. The van der Waals surface area contributed by atoms with E-state index < -0.39 is 12.5 Å². The summed E-state index contributed by atoms with van der Waals surface area (Å²) in [4.78, 5) is 0. The van der Waals surface area contributed by atoms with Crippen molar-refractivity contribution in [2.75, 3.05) is 6.79 Å². The van der Waals surface area contributed by atoms with Crippen molar-refractivity contribution >= 4 is 28.3 Å². The molecular weight excluding hydrogens is 319 g/mol. The van der Waals surface area contributed by atoms with Gasteiger partial charge in [-0.15, -0.1) is 12.4 Å². The first-order valence-electron chi connectivity index (χ1n) is 4.70. The summed E-state index contributed by atoms with van der Waals surface area (Å²) in [5, 5.41) is 0. The van der Waals surface area contributed by atoms with Crippen molar-refractivity contribution in [3.8, 4) is 11.5 Å². The number of nitrogens with two attached hydrogens (primary N) is 1. The van der Waals surface area contributed by atoms with Crippen LogP contribution in [0.3, 0.4) is 0 Å².